The molecule has 2 N–H and O–H groups in total. The summed E-state index contributed by atoms with van der Waals surface area (Å²) < 4.78 is 35.4. The molecular weight excluding hydrogens is 404 g/mol. The first-order valence-electron chi connectivity index (χ1n) is 9.31. The maximum Gasteiger partial charge on any atom is 0.297 e. The third kappa shape index (κ3) is 4.00. The first kappa shape index (κ1) is 19.9. The standard InChI is InChI=1S/C22H20N2O5S/c1-15-4-2-3-5-22(15)30(26,27)29-11-10-28-17-7-9-19-18-8-6-16(23-14-25)12-20(18)24-21(19)13-17/h2-9,12-14,24H,10-11H2,1H3,(H,23,25). The number of fused-ring (bicyclic) bond motifs is 3. The minimum absolute atomic E-state index is 0.0875. The van der Waals surface area contributed by atoms with Gasteiger partial charge >= 0.3 is 0 Å². The molecule has 30 heavy (non-hydrogen) atoms. The number of amides is 1. The molecule has 0 aliphatic carbocycles. The van der Waals surface area contributed by atoms with Crippen molar-refractivity contribution in [3.63, 3.8) is 0 Å². The number of nitrogens with one attached hydrogen (secondary N) is 2. The molecule has 7 nitrogen and oxygen atoms in total. The van der Waals surface area contributed by atoms with Gasteiger partial charge in [0.2, 0.25) is 6.41 Å². The number of benzene rings is 3. The summed E-state index contributed by atoms with van der Waals surface area (Å²) in [5.74, 6) is 0.595. The Morgan fingerprint density at radius 1 is 0.967 bits per heavy atom. The second-order valence-electron chi connectivity index (χ2n) is 6.74. The van der Waals surface area contributed by atoms with Crippen molar-refractivity contribution in [2.24, 2.45) is 0 Å². The van der Waals surface area contributed by atoms with E-state index in [-0.39, 0.29) is 18.1 Å². The number of ether oxygens (including phenoxy) is 1. The molecule has 154 valence electrons. The van der Waals surface area contributed by atoms with Gasteiger partial charge in [-0.05, 0) is 42.8 Å². The van der Waals surface area contributed by atoms with Gasteiger partial charge < -0.3 is 15.0 Å². The summed E-state index contributed by atoms with van der Waals surface area (Å²) in [6.07, 6.45) is 0.636. The Hall–Kier alpha value is -3.36. The molecule has 0 saturated heterocycles. The zero-order valence-corrected chi connectivity index (χ0v) is 17.0. The largest absolute Gasteiger partial charge is 0.491 e. The molecule has 0 spiro atoms. The van der Waals surface area contributed by atoms with Crippen molar-refractivity contribution >= 4 is 44.0 Å². The van der Waals surface area contributed by atoms with Gasteiger partial charge in [0.1, 0.15) is 19.0 Å². The molecule has 1 heterocycles. The molecule has 0 saturated carbocycles. The van der Waals surface area contributed by atoms with E-state index in [1.165, 1.54) is 6.07 Å². The second kappa shape index (κ2) is 8.17. The average Bonchev–Trinajstić information content (AvgIpc) is 3.08. The summed E-state index contributed by atoms with van der Waals surface area (Å²) >= 11 is 0. The van der Waals surface area contributed by atoms with Crippen LogP contribution >= 0.6 is 0 Å². The van der Waals surface area contributed by atoms with Crippen LogP contribution in [0.15, 0.2) is 65.6 Å². The van der Waals surface area contributed by atoms with E-state index in [0.717, 1.165) is 21.8 Å². The zero-order chi connectivity index (χ0) is 21.1. The number of carbonyl (C=O) groups excluding carboxylic acids is 1. The fourth-order valence-corrected chi connectivity index (χ4v) is 4.46. The fourth-order valence-electron chi connectivity index (χ4n) is 3.34. The van der Waals surface area contributed by atoms with E-state index in [9.17, 15) is 13.2 Å². The Labute approximate surface area is 173 Å². The van der Waals surface area contributed by atoms with Crippen LogP contribution in [0.1, 0.15) is 5.56 Å². The predicted octanol–water partition coefficient (Wildman–Crippen LogP) is 3.98. The second-order valence-corrected chi connectivity index (χ2v) is 8.33. The van der Waals surface area contributed by atoms with Gasteiger partial charge in [-0.2, -0.15) is 8.42 Å². The van der Waals surface area contributed by atoms with Crippen molar-refractivity contribution < 1.29 is 22.1 Å². The topological polar surface area (TPSA) is 97.5 Å². The van der Waals surface area contributed by atoms with Gasteiger partial charge in [0, 0.05) is 28.0 Å². The van der Waals surface area contributed by atoms with Crippen LogP contribution in [0.5, 0.6) is 5.75 Å². The minimum Gasteiger partial charge on any atom is -0.491 e. The number of carbonyl (C=O) groups is 1. The Bertz CT molecular complexity index is 1330. The molecule has 3 aromatic carbocycles. The normalized spacial score (nSPS) is 11.6. The lowest BCUT2D eigenvalue weighted by Gasteiger charge is -2.09. The SMILES string of the molecule is Cc1ccccc1S(=O)(=O)OCCOc1ccc2c(c1)[nH]c1cc(NC=O)ccc12. The lowest BCUT2D eigenvalue weighted by molar-refractivity contribution is -0.105. The van der Waals surface area contributed by atoms with Crippen molar-refractivity contribution in [2.75, 3.05) is 18.5 Å². The van der Waals surface area contributed by atoms with E-state index in [1.54, 1.807) is 25.1 Å². The van der Waals surface area contributed by atoms with Crippen LogP contribution in [0.25, 0.3) is 21.8 Å². The van der Waals surface area contributed by atoms with Crippen molar-refractivity contribution in [1.82, 2.24) is 4.98 Å². The third-order valence-corrected chi connectivity index (χ3v) is 6.22. The molecule has 0 atom stereocenters. The highest BCUT2D eigenvalue weighted by molar-refractivity contribution is 7.86. The fraction of sp³-hybridized carbons (Fsp3) is 0.136. The van der Waals surface area contributed by atoms with Crippen LogP contribution in [0.4, 0.5) is 5.69 Å². The molecule has 0 unspecified atom stereocenters. The summed E-state index contributed by atoms with van der Waals surface area (Å²) in [5.41, 5.74) is 3.10. The van der Waals surface area contributed by atoms with Crippen LogP contribution in [0, 0.1) is 6.92 Å². The summed E-state index contributed by atoms with van der Waals surface area (Å²) in [6, 6.07) is 17.9. The molecule has 4 rings (SSSR count). The summed E-state index contributed by atoms with van der Waals surface area (Å²) in [4.78, 5) is 14.1. The van der Waals surface area contributed by atoms with Crippen LogP contribution < -0.4 is 10.1 Å². The Morgan fingerprint density at radius 3 is 2.47 bits per heavy atom. The number of aryl methyl sites for hydroxylation is 1. The Morgan fingerprint density at radius 2 is 1.70 bits per heavy atom. The number of hydrogen-bond donors (Lipinski definition) is 2. The number of aromatic amines is 1. The van der Waals surface area contributed by atoms with E-state index in [4.69, 9.17) is 8.92 Å². The van der Waals surface area contributed by atoms with Gasteiger partial charge in [0.25, 0.3) is 10.1 Å². The van der Waals surface area contributed by atoms with Gasteiger partial charge in [-0.15, -0.1) is 0 Å². The van der Waals surface area contributed by atoms with Crippen molar-refractivity contribution in [2.45, 2.75) is 11.8 Å². The van der Waals surface area contributed by atoms with E-state index < -0.39 is 10.1 Å². The van der Waals surface area contributed by atoms with E-state index in [0.29, 0.717) is 23.4 Å². The molecule has 1 amide bonds. The minimum atomic E-state index is -3.82. The Balaban J connectivity index is 1.43. The van der Waals surface area contributed by atoms with Gasteiger partial charge in [-0.25, -0.2) is 0 Å². The number of anilines is 1. The van der Waals surface area contributed by atoms with Crippen LogP contribution in [-0.2, 0) is 19.1 Å². The maximum absolute atomic E-state index is 12.3. The van der Waals surface area contributed by atoms with E-state index in [1.807, 2.05) is 36.4 Å². The van der Waals surface area contributed by atoms with E-state index in [2.05, 4.69) is 10.3 Å². The first-order valence-corrected chi connectivity index (χ1v) is 10.7. The molecule has 0 bridgehead atoms. The van der Waals surface area contributed by atoms with Gasteiger partial charge in [-0.1, -0.05) is 24.3 Å². The third-order valence-electron chi connectivity index (χ3n) is 4.75. The number of H-pyrrole nitrogens is 1. The zero-order valence-electron chi connectivity index (χ0n) is 16.2. The molecular formula is C22H20N2O5S. The van der Waals surface area contributed by atoms with Crippen LogP contribution in [0.2, 0.25) is 0 Å². The summed E-state index contributed by atoms with van der Waals surface area (Å²) in [5, 5.41) is 4.68. The van der Waals surface area contributed by atoms with Crippen molar-refractivity contribution in [3.8, 4) is 5.75 Å². The van der Waals surface area contributed by atoms with Gasteiger partial charge in [-0.3, -0.25) is 8.98 Å². The van der Waals surface area contributed by atoms with Crippen molar-refractivity contribution in [3.05, 3.63) is 66.2 Å². The summed E-state index contributed by atoms with van der Waals surface area (Å²) in [6.45, 7) is 1.71. The number of rotatable bonds is 8. The molecule has 0 aliphatic rings. The van der Waals surface area contributed by atoms with Crippen molar-refractivity contribution in [1.29, 1.82) is 0 Å². The smallest absolute Gasteiger partial charge is 0.297 e. The van der Waals surface area contributed by atoms with Crippen LogP contribution in [-0.4, -0.2) is 33.0 Å². The maximum atomic E-state index is 12.3. The molecule has 0 fully saturated rings. The highest BCUT2D eigenvalue weighted by Gasteiger charge is 2.17. The quantitative estimate of drug-likeness (QED) is 0.253. The predicted molar refractivity (Wildman–Crippen MR) is 115 cm³/mol. The lowest BCUT2D eigenvalue weighted by Crippen LogP contribution is -2.13. The average molecular weight is 424 g/mol. The highest BCUT2D eigenvalue weighted by atomic mass is 32.2. The lowest BCUT2D eigenvalue weighted by atomic mass is 10.1. The van der Waals surface area contributed by atoms with Gasteiger partial charge in [0.15, 0.2) is 0 Å². The Kier molecular flexibility index (Phi) is 5.43. The van der Waals surface area contributed by atoms with Crippen LogP contribution in [0.3, 0.4) is 0 Å². The molecule has 1 aromatic heterocycles. The number of aromatic nitrogens is 1. The number of hydrogen-bond acceptors (Lipinski definition) is 5. The van der Waals surface area contributed by atoms with E-state index >= 15 is 0 Å². The molecule has 0 radical (unpaired) electrons. The molecule has 0 aliphatic heterocycles. The first-order chi connectivity index (χ1) is 14.5. The molecule has 4 aromatic rings. The monoisotopic (exact) mass is 424 g/mol. The summed E-state index contributed by atoms with van der Waals surface area (Å²) in [7, 11) is -3.82. The molecule has 8 heteroatoms. The highest BCUT2D eigenvalue weighted by Crippen LogP contribution is 2.30. The van der Waals surface area contributed by atoms with Gasteiger partial charge in [0.05, 0.1) is 10.4 Å².